The maximum absolute atomic E-state index is 10.4. The van der Waals surface area contributed by atoms with E-state index in [-0.39, 0.29) is 12.7 Å². The Morgan fingerprint density at radius 2 is 1.80 bits per heavy atom. The molecule has 0 spiro atoms. The van der Waals surface area contributed by atoms with E-state index in [0.717, 1.165) is 22.4 Å². The Morgan fingerprint density at radius 1 is 1.00 bits per heavy atom. The normalized spacial score (nSPS) is 24.0. The standard InChI is InChI=1S/C24H29ClO5/c25-22-9-3-17(24-23(27)10-8-21(15-26)30-24)14-18(22)13-16-1-4-19(5-2-16)28-11-12-29-20-6-7-20/h1-5,9,14,20-21,23-24,26-27H,6-8,10-13,15H2. The van der Waals surface area contributed by atoms with Gasteiger partial charge in [-0.3, -0.25) is 0 Å². The lowest BCUT2D eigenvalue weighted by Crippen LogP contribution is -2.34. The van der Waals surface area contributed by atoms with Gasteiger partial charge in [0.2, 0.25) is 0 Å². The second kappa shape index (κ2) is 10.1. The van der Waals surface area contributed by atoms with E-state index in [1.807, 2.05) is 42.5 Å². The maximum atomic E-state index is 10.4. The number of aliphatic hydroxyl groups excluding tert-OH is 2. The van der Waals surface area contributed by atoms with E-state index in [1.165, 1.54) is 12.8 Å². The monoisotopic (exact) mass is 432 g/mol. The van der Waals surface area contributed by atoms with Crippen LogP contribution in [-0.2, 0) is 15.9 Å². The third-order valence-corrected chi connectivity index (χ3v) is 5.99. The predicted octanol–water partition coefficient (Wildman–Crippen LogP) is 4.06. The van der Waals surface area contributed by atoms with Crippen LogP contribution < -0.4 is 4.74 Å². The van der Waals surface area contributed by atoms with Gasteiger partial charge in [0.25, 0.3) is 0 Å². The van der Waals surface area contributed by atoms with Crippen LogP contribution in [0.25, 0.3) is 0 Å². The molecule has 162 valence electrons. The van der Waals surface area contributed by atoms with Crippen molar-refractivity contribution in [1.82, 2.24) is 0 Å². The van der Waals surface area contributed by atoms with E-state index in [2.05, 4.69) is 0 Å². The van der Waals surface area contributed by atoms with Gasteiger partial charge in [0, 0.05) is 5.02 Å². The number of hydrogen-bond donors (Lipinski definition) is 2. The highest BCUT2D eigenvalue weighted by atomic mass is 35.5. The molecule has 0 radical (unpaired) electrons. The third kappa shape index (κ3) is 5.74. The first kappa shape index (κ1) is 21.6. The van der Waals surface area contributed by atoms with Gasteiger partial charge in [0.15, 0.2) is 0 Å². The zero-order valence-corrected chi connectivity index (χ0v) is 17.8. The van der Waals surface area contributed by atoms with Crippen molar-refractivity contribution in [1.29, 1.82) is 0 Å². The van der Waals surface area contributed by atoms with Crippen LogP contribution in [0.5, 0.6) is 5.75 Å². The lowest BCUT2D eigenvalue weighted by Gasteiger charge is -2.33. The van der Waals surface area contributed by atoms with Crippen molar-refractivity contribution >= 4 is 11.6 Å². The Labute approximate surface area is 182 Å². The number of benzene rings is 2. The fraction of sp³-hybridized carbons (Fsp3) is 0.500. The first-order chi connectivity index (χ1) is 14.6. The molecular formula is C24H29ClO5. The first-order valence-corrected chi connectivity index (χ1v) is 11.1. The van der Waals surface area contributed by atoms with Crippen LogP contribution in [0.1, 0.15) is 48.5 Å². The fourth-order valence-corrected chi connectivity index (χ4v) is 3.93. The quantitative estimate of drug-likeness (QED) is 0.585. The lowest BCUT2D eigenvalue weighted by atomic mass is 9.93. The summed E-state index contributed by atoms with van der Waals surface area (Å²) in [4.78, 5) is 0. The molecule has 4 rings (SSSR count). The Balaban J connectivity index is 1.38. The summed E-state index contributed by atoms with van der Waals surface area (Å²) in [6.07, 6.45) is 3.48. The topological polar surface area (TPSA) is 68.2 Å². The molecular weight excluding hydrogens is 404 g/mol. The summed E-state index contributed by atoms with van der Waals surface area (Å²) in [7, 11) is 0. The van der Waals surface area contributed by atoms with Gasteiger partial charge in [0.1, 0.15) is 18.5 Å². The second-order valence-corrected chi connectivity index (χ2v) is 8.50. The zero-order valence-electron chi connectivity index (χ0n) is 17.0. The van der Waals surface area contributed by atoms with Crippen molar-refractivity contribution in [3.8, 4) is 5.75 Å². The first-order valence-electron chi connectivity index (χ1n) is 10.7. The van der Waals surface area contributed by atoms with Crippen molar-refractivity contribution in [3.05, 3.63) is 64.2 Å². The third-order valence-electron chi connectivity index (χ3n) is 5.62. The molecule has 0 amide bonds. The van der Waals surface area contributed by atoms with E-state index in [4.69, 9.17) is 25.8 Å². The summed E-state index contributed by atoms with van der Waals surface area (Å²) in [5.74, 6) is 0.826. The Hall–Kier alpha value is -1.63. The highest BCUT2D eigenvalue weighted by molar-refractivity contribution is 6.31. The van der Waals surface area contributed by atoms with Gasteiger partial charge < -0.3 is 24.4 Å². The van der Waals surface area contributed by atoms with Gasteiger partial charge >= 0.3 is 0 Å². The summed E-state index contributed by atoms with van der Waals surface area (Å²) in [5.41, 5.74) is 2.98. The van der Waals surface area contributed by atoms with Crippen LogP contribution in [0.3, 0.4) is 0 Å². The van der Waals surface area contributed by atoms with Crippen molar-refractivity contribution in [3.63, 3.8) is 0 Å². The second-order valence-electron chi connectivity index (χ2n) is 8.10. The molecule has 3 atom stereocenters. The molecule has 0 bridgehead atoms. The van der Waals surface area contributed by atoms with E-state index >= 15 is 0 Å². The SMILES string of the molecule is OCC1CCC(O)C(c2ccc(Cl)c(Cc3ccc(OCCOC4CC4)cc3)c2)O1. The van der Waals surface area contributed by atoms with Crippen molar-refractivity contribution < 1.29 is 24.4 Å². The highest BCUT2D eigenvalue weighted by Gasteiger charge is 2.31. The molecule has 2 aromatic carbocycles. The minimum atomic E-state index is -0.581. The molecule has 1 heterocycles. The molecule has 2 aliphatic rings. The molecule has 1 saturated carbocycles. The van der Waals surface area contributed by atoms with Crippen LogP contribution >= 0.6 is 11.6 Å². The summed E-state index contributed by atoms with van der Waals surface area (Å²) in [5, 5.41) is 20.5. The summed E-state index contributed by atoms with van der Waals surface area (Å²) in [6, 6.07) is 13.7. The molecule has 1 saturated heterocycles. The number of rotatable bonds is 9. The molecule has 2 fully saturated rings. The maximum Gasteiger partial charge on any atom is 0.119 e. The minimum Gasteiger partial charge on any atom is -0.491 e. The van der Waals surface area contributed by atoms with Crippen LogP contribution in [0.15, 0.2) is 42.5 Å². The molecule has 1 aliphatic heterocycles. The Morgan fingerprint density at radius 3 is 2.53 bits per heavy atom. The molecule has 30 heavy (non-hydrogen) atoms. The average molecular weight is 433 g/mol. The molecule has 2 aromatic rings. The molecule has 0 aromatic heterocycles. The van der Waals surface area contributed by atoms with Gasteiger partial charge in [-0.2, -0.15) is 0 Å². The average Bonchev–Trinajstić information content (AvgIpc) is 3.59. The largest absolute Gasteiger partial charge is 0.491 e. The van der Waals surface area contributed by atoms with Crippen molar-refractivity contribution in [2.24, 2.45) is 0 Å². The predicted molar refractivity (Wildman–Crippen MR) is 115 cm³/mol. The molecule has 1 aliphatic carbocycles. The van der Waals surface area contributed by atoms with E-state index in [0.29, 0.717) is 43.6 Å². The van der Waals surface area contributed by atoms with Crippen LogP contribution in [0.2, 0.25) is 5.02 Å². The minimum absolute atomic E-state index is 0.0369. The number of ether oxygens (including phenoxy) is 3. The van der Waals surface area contributed by atoms with Crippen molar-refractivity contribution in [2.45, 2.75) is 56.5 Å². The summed E-state index contributed by atoms with van der Waals surface area (Å²) in [6.45, 7) is 1.15. The zero-order chi connectivity index (χ0) is 20.9. The Bertz CT molecular complexity index is 821. The van der Waals surface area contributed by atoms with Crippen LogP contribution in [0.4, 0.5) is 0 Å². The van der Waals surface area contributed by atoms with Gasteiger partial charge in [-0.1, -0.05) is 35.9 Å². The van der Waals surface area contributed by atoms with E-state index in [9.17, 15) is 10.2 Å². The van der Waals surface area contributed by atoms with Gasteiger partial charge in [-0.05, 0) is 67.0 Å². The van der Waals surface area contributed by atoms with E-state index < -0.39 is 12.2 Å². The van der Waals surface area contributed by atoms with Gasteiger partial charge in [-0.15, -0.1) is 0 Å². The van der Waals surface area contributed by atoms with Gasteiger partial charge in [0.05, 0.1) is 31.5 Å². The smallest absolute Gasteiger partial charge is 0.119 e. The van der Waals surface area contributed by atoms with E-state index in [1.54, 1.807) is 0 Å². The molecule has 3 unspecified atom stereocenters. The Kier molecular flexibility index (Phi) is 7.28. The number of hydrogen-bond acceptors (Lipinski definition) is 5. The van der Waals surface area contributed by atoms with Crippen molar-refractivity contribution in [2.75, 3.05) is 19.8 Å². The summed E-state index contributed by atoms with van der Waals surface area (Å²) < 4.78 is 17.2. The van der Waals surface area contributed by atoms with Crippen LogP contribution in [-0.4, -0.2) is 48.3 Å². The fourth-order valence-electron chi connectivity index (χ4n) is 3.75. The lowest BCUT2D eigenvalue weighted by molar-refractivity contribution is -0.132. The highest BCUT2D eigenvalue weighted by Crippen LogP contribution is 2.34. The van der Waals surface area contributed by atoms with Crippen LogP contribution in [0, 0.1) is 0 Å². The number of halogens is 1. The molecule has 5 nitrogen and oxygen atoms in total. The molecule has 2 N–H and O–H groups in total. The molecule has 6 heteroatoms. The number of aliphatic hydroxyl groups is 2. The van der Waals surface area contributed by atoms with Gasteiger partial charge in [-0.25, -0.2) is 0 Å². The summed E-state index contributed by atoms with van der Waals surface area (Å²) >= 11 is 6.44.